The maximum atomic E-state index is 6.15. The molecule has 0 saturated heterocycles. The molecule has 0 atom stereocenters. The second-order valence-electron chi connectivity index (χ2n) is 4.67. The summed E-state index contributed by atoms with van der Waals surface area (Å²) in [7, 11) is 5.69. The van der Waals surface area contributed by atoms with Gasteiger partial charge in [-0.05, 0) is 12.3 Å². The highest BCUT2D eigenvalue weighted by Gasteiger charge is 2.18. The topological polar surface area (TPSA) is 56.3 Å². The monoisotopic (exact) mass is 240 g/mol. The molecule has 1 aromatic heterocycles. The van der Waals surface area contributed by atoms with Gasteiger partial charge in [-0.2, -0.15) is 5.10 Å². The van der Waals surface area contributed by atoms with Crippen LogP contribution in [-0.2, 0) is 11.8 Å². The van der Waals surface area contributed by atoms with Crippen LogP contribution in [0, 0.1) is 0 Å². The van der Waals surface area contributed by atoms with E-state index in [0.29, 0.717) is 5.92 Å². The van der Waals surface area contributed by atoms with E-state index < -0.39 is 0 Å². The molecule has 0 aromatic carbocycles. The number of methoxy groups -OCH3 is 1. The minimum absolute atomic E-state index is 0.349. The first-order valence-electron chi connectivity index (χ1n) is 6.01. The number of hydrogen-bond acceptors (Lipinski definition) is 4. The zero-order valence-corrected chi connectivity index (χ0v) is 11.5. The number of nitrogen functional groups attached to an aromatic ring is 1. The Morgan fingerprint density at radius 3 is 2.59 bits per heavy atom. The number of nitrogens with two attached hydrogens (primary N) is 1. The van der Waals surface area contributed by atoms with Crippen molar-refractivity contribution in [3.8, 4) is 0 Å². The SMILES string of the molecule is COCCCN(C)c1c(N)c(C(C)C)nn1C. The van der Waals surface area contributed by atoms with Gasteiger partial charge < -0.3 is 15.4 Å². The van der Waals surface area contributed by atoms with Gasteiger partial charge in [-0.1, -0.05) is 13.8 Å². The number of hydrogen-bond donors (Lipinski definition) is 1. The van der Waals surface area contributed by atoms with Gasteiger partial charge in [0.2, 0.25) is 0 Å². The van der Waals surface area contributed by atoms with E-state index in [9.17, 15) is 0 Å². The molecule has 0 bridgehead atoms. The van der Waals surface area contributed by atoms with Crippen molar-refractivity contribution >= 4 is 11.5 Å². The van der Waals surface area contributed by atoms with Crippen molar-refractivity contribution in [2.24, 2.45) is 7.05 Å². The van der Waals surface area contributed by atoms with Crippen LogP contribution in [0.5, 0.6) is 0 Å². The molecule has 98 valence electrons. The van der Waals surface area contributed by atoms with Gasteiger partial charge in [0.15, 0.2) is 0 Å². The average Bonchev–Trinajstić information content (AvgIpc) is 2.54. The molecule has 0 unspecified atom stereocenters. The molecule has 0 aliphatic heterocycles. The van der Waals surface area contributed by atoms with E-state index in [4.69, 9.17) is 10.5 Å². The summed E-state index contributed by atoms with van der Waals surface area (Å²) < 4.78 is 6.91. The summed E-state index contributed by atoms with van der Waals surface area (Å²) in [5, 5.41) is 4.48. The van der Waals surface area contributed by atoms with Gasteiger partial charge in [0.05, 0.1) is 11.4 Å². The smallest absolute Gasteiger partial charge is 0.150 e. The molecule has 0 spiro atoms. The largest absolute Gasteiger partial charge is 0.394 e. The van der Waals surface area contributed by atoms with E-state index in [-0.39, 0.29) is 0 Å². The molecular formula is C12H24N4O. The molecule has 0 aliphatic rings. The number of anilines is 2. The maximum Gasteiger partial charge on any atom is 0.150 e. The Morgan fingerprint density at radius 2 is 2.12 bits per heavy atom. The second kappa shape index (κ2) is 5.91. The highest BCUT2D eigenvalue weighted by Crippen LogP contribution is 2.29. The lowest BCUT2D eigenvalue weighted by Crippen LogP contribution is -2.23. The molecule has 2 N–H and O–H groups in total. The van der Waals surface area contributed by atoms with E-state index in [2.05, 4.69) is 23.8 Å². The zero-order valence-electron chi connectivity index (χ0n) is 11.5. The van der Waals surface area contributed by atoms with Crippen molar-refractivity contribution in [2.75, 3.05) is 37.9 Å². The third kappa shape index (κ3) is 3.12. The van der Waals surface area contributed by atoms with Crippen molar-refractivity contribution in [1.82, 2.24) is 9.78 Å². The summed E-state index contributed by atoms with van der Waals surface area (Å²) in [6.45, 7) is 5.88. The number of rotatable bonds is 6. The summed E-state index contributed by atoms with van der Waals surface area (Å²) in [5.74, 6) is 1.34. The number of nitrogens with zero attached hydrogens (tertiary/aromatic N) is 3. The predicted octanol–water partition coefficient (Wildman–Crippen LogP) is 1.60. The number of ether oxygens (including phenoxy) is 1. The Kier molecular flexibility index (Phi) is 4.81. The molecule has 1 rings (SSSR count). The molecule has 1 aromatic rings. The Bertz CT molecular complexity index is 360. The maximum absolute atomic E-state index is 6.15. The summed E-state index contributed by atoms with van der Waals surface area (Å²) in [6, 6.07) is 0. The van der Waals surface area contributed by atoms with Crippen LogP contribution in [0.15, 0.2) is 0 Å². The fourth-order valence-corrected chi connectivity index (χ4v) is 1.98. The predicted molar refractivity (Wildman–Crippen MR) is 71.5 cm³/mol. The average molecular weight is 240 g/mol. The van der Waals surface area contributed by atoms with E-state index >= 15 is 0 Å². The van der Waals surface area contributed by atoms with Crippen molar-refractivity contribution in [3.63, 3.8) is 0 Å². The fraction of sp³-hybridized carbons (Fsp3) is 0.750. The van der Waals surface area contributed by atoms with E-state index in [1.807, 2.05) is 18.8 Å². The van der Waals surface area contributed by atoms with Gasteiger partial charge in [-0.3, -0.25) is 4.68 Å². The Balaban J connectivity index is 2.82. The first kappa shape index (κ1) is 13.8. The molecule has 0 saturated carbocycles. The standard InChI is InChI=1S/C12H24N4O/c1-9(2)11-10(13)12(16(4)14-11)15(3)7-6-8-17-5/h9H,6-8,13H2,1-5H3. The molecule has 5 heteroatoms. The quantitative estimate of drug-likeness (QED) is 0.767. The number of aromatic nitrogens is 2. The fourth-order valence-electron chi connectivity index (χ4n) is 1.98. The van der Waals surface area contributed by atoms with Gasteiger partial charge in [0.1, 0.15) is 5.82 Å². The van der Waals surface area contributed by atoms with Crippen LogP contribution in [0.3, 0.4) is 0 Å². The van der Waals surface area contributed by atoms with Gasteiger partial charge in [0, 0.05) is 34.4 Å². The first-order chi connectivity index (χ1) is 7.99. The highest BCUT2D eigenvalue weighted by atomic mass is 16.5. The van der Waals surface area contributed by atoms with Crippen LogP contribution in [0.4, 0.5) is 11.5 Å². The van der Waals surface area contributed by atoms with Crippen molar-refractivity contribution < 1.29 is 4.74 Å². The summed E-state index contributed by atoms with van der Waals surface area (Å²) >= 11 is 0. The lowest BCUT2D eigenvalue weighted by atomic mass is 10.1. The van der Waals surface area contributed by atoms with Gasteiger partial charge in [-0.25, -0.2) is 0 Å². The van der Waals surface area contributed by atoms with Crippen LogP contribution in [0.2, 0.25) is 0 Å². The van der Waals surface area contributed by atoms with E-state index in [0.717, 1.165) is 36.8 Å². The second-order valence-corrected chi connectivity index (χ2v) is 4.67. The zero-order chi connectivity index (χ0) is 13.0. The van der Waals surface area contributed by atoms with Crippen molar-refractivity contribution in [1.29, 1.82) is 0 Å². The minimum Gasteiger partial charge on any atom is -0.394 e. The van der Waals surface area contributed by atoms with Gasteiger partial charge in [-0.15, -0.1) is 0 Å². The molecule has 0 aliphatic carbocycles. The van der Waals surface area contributed by atoms with E-state index in [1.54, 1.807) is 7.11 Å². The van der Waals surface area contributed by atoms with Crippen molar-refractivity contribution in [2.45, 2.75) is 26.2 Å². The summed E-state index contributed by atoms with van der Waals surface area (Å²) in [4.78, 5) is 2.13. The third-order valence-electron chi connectivity index (χ3n) is 2.83. The highest BCUT2D eigenvalue weighted by molar-refractivity contribution is 5.66. The molecule has 0 fully saturated rings. The summed E-state index contributed by atoms with van der Waals surface area (Å²) in [5.41, 5.74) is 7.92. The molecule has 1 heterocycles. The third-order valence-corrected chi connectivity index (χ3v) is 2.83. The molecule has 5 nitrogen and oxygen atoms in total. The van der Waals surface area contributed by atoms with Crippen LogP contribution < -0.4 is 10.6 Å². The van der Waals surface area contributed by atoms with Gasteiger partial charge >= 0.3 is 0 Å². The molecule has 17 heavy (non-hydrogen) atoms. The molecule has 0 radical (unpaired) electrons. The molecular weight excluding hydrogens is 216 g/mol. The summed E-state index contributed by atoms with van der Waals surface area (Å²) in [6.07, 6.45) is 0.981. The van der Waals surface area contributed by atoms with Crippen molar-refractivity contribution in [3.05, 3.63) is 5.69 Å². The van der Waals surface area contributed by atoms with Crippen LogP contribution in [0.25, 0.3) is 0 Å². The van der Waals surface area contributed by atoms with E-state index in [1.165, 1.54) is 0 Å². The lowest BCUT2D eigenvalue weighted by molar-refractivity contribution is 0.196. The van der Waals surface area contributed by atoms with Crippen LogP contribution in [0.1, 0.15) is 31.9 Å². The normalized spacial score (nSPS) is 11.2. The number of aryl methyl sites for hydroxylation is 1. The lowest BCUT2D eigenvalue weighted by Gasteiger charge is -2.19. The Morgan fingerprint density at radius 1 is 1.47 bits per heavy atom. The Labute approximate surface area is 104 Å². The van der Waals surface area contributed by atoms with Crippen LogP contribution >= 0.6 is 0 Å². The first-order valence-corrected chi connectivity index (χ1v) is 6.01. The molecule has 0 amide bonds. The Hall–Kier alpha value is -1.23. The minimum atomic E-state index is 0.349. The van der Waals surface area contributed by atoms with Crippen LogP contribution in [-0.4, -0.2) is 37.1 Å². The van der Waals surface area contributed by atoms with Gasteiger partial charge in [0.25, 0.3) is 0 Å².